The van der Waals surface area contributed by atoms with E-state index in [2.05, 4.69) is 36.1 Å². The van der Waals surface area contributed by atoms with E-state index in [1.807, 2.05) is 23.4 Å². The van der Waals surface area contributed by atoms with Crippen LogP contribution in [0, 0.1) is 20.8 Å². The molecule has 3 heterocycles. The Bertz CT molecular complexity index is 792. The van der Waals surface area contributed by atoms with Crippen molar-refractivity contribution in [1.82, 2.24) is 24.9 Å². The Morgan fingerprint density at radius 3 is 2.58 bits per heavy atom. The Balaban J connectivity index is 1.77. The fourth-order valence-corrected chi connectivity index (χ4v) is 4.00. The molecule has 1 aliphatic rings. The van der Waals surface area contributed by atoms with Gasteiger partial charge < -0.3 is 9.32 Å². The molecule has 2 aromatic heterocycles. The molecule has 0 bridgehead atoms. The molecule has 1 aliphatic heterocycles. The number of rotatable bonds is 4. The molecule has 1 saturated heterocycles. The van der Waals surface area contributed by atoms with Crippen molar-refractivity contribution in [2.45, 2.75) is 78.8 Å². The van der Waals surface area contributed by atoms with E-state index < -0.39 is 0 Å². The van der Waals surface area contributed by atoms with Crippen molar-refractivity contribution in [3.63, 3.8) is 0 Å². The quantitative estimate of drug-likeness (QED) is 0.838. The van der Waals surface area contributed by atoms with Gasteiger partial charge in [0.15, 0.2) is 0 Å². The molecule has 2 atom stereocenters. The summed E-state index contributed by atoms with van der Waals surface area (Å²) in [7, 11) is 0. The number of hydrogen-bond acceptors (Lipinski definition) is 5. The molecule has 7 heteroatoms. The zero-order valence-electron chi connectivity index (χ0n) is 16.6. The topological polar surface area (TPSA) is 77.1 Å². The second kappa shape index (κ2) is 7.21. The summed E-state index contributed by atoms with van der Waals surface area (Å²) < 4.78 is 7.64. The standard InChI is InChI=1S/C19H29N5O2/c1-11(2)24-14(5)17(12(3)22-24)10-18(25)23-9-7-8-16(13(23)4)19-21-20-15(6)26-19/h11,13,16H,7-10H2,1-6H3/t13-,16-/m0/s1. The Labute approximate surface area is 154 Å². The second-order valence-corrected chi connectivity index (χ2v) is 7.60. The van der Waals surface area contributed by atoms with Crippen LogP contribution in [0.2, 0.25) is 0 Å². The number of carbonyl (C=O) groups is 1. The first-order valence-electron chi connectivity index (χ1n) is 9.43. The molecular weight excluding hydrogens is 330 g/mol. The van der Waals surface area contributed by atoms with Gasteiger partial charge >= 0.3 is 0 Å². The lowest BCUT2D eigenvalue weighted by Crippen LogP contribution is -2.46. The van der Waals surface area contributed by atoms with Gasteiger partial charge in [-0.1, -0.05) is 0 Å². The Hall–Kier alpha value is -2.18. The van der Waals surface area contributed by atoms with E-state index in [4.69, 9.17) is 4.42 Å². The van der Waals surface area contributed by atoms with E-state index in [1.165, 1.54) is 0 Å². The molecule has 1 amide bonds. The van der Waals surface area contributed by atoms with Crippen LogP contribution in [0.25, 0.3) is 0 Å². The van der Waals surface area contributed by atoms with Crippen molar-refractivity contribution >= 4 is 5.91 Å². The van der Waals surface area contributed by atoms with Gasteiger partial charge in [-0.3, -0.25) is 9.48 Å². The molecule has 0 aromatic carbocycles. The minimum Gasteiger partial charge on any atom is -0.425 e. The number of hydrogen-bond donors (Lipinski definition) is 0. The maximum Gasteiger partial charge on any atom is 0.227 e. The van der Waals surface area contributed by atoms with Gasteiger partial charge in [-0.05, 0) is 47.5 Å². The SMILES string of the molecule is Cc1nnc([C@H]2CCCN(C(=O)Cc3c(C)nn(C(C)C)c3C)[C@H]2C)o1. The van der Waals surface area contributed by atoms with Gasteiger partial charge in [-0.15, -0.1) is 10.2 Å². The summed E-state index contributed by atoms with van der Waals surface area (Å²) in [5, 5.41) is 12.7. The van der Waals surface area contributed by atoms with Crippen LogP contribution in [0.5, 0.6) is 0 Å². The highest BCUT2D eigenvalue weighted by molar-refractivity contribution is 5.79. The lowest BCUT2D eigenvalue weighted by molar-refractivity contribution is -0.134. The fraction of sp³-hybridized carbons (Fsp3) is 0.684. The summed E-state index contributed by atoms with van der Waals surface area (Å²) in [5.41, 5.74) is 3.07. The molecule has 2 aromatic rings. The number of likely N-dealkylation sites (tertiary alicyclic amines) is 1. The number of nitrogens with zero attached hydrogens (tertiary/aromatic N) is 5. The number of aromatic nitrogens is 4. The summed E-state index contributed by atoms with van der Waals surface area (Å²) >= 11 is 0. The van der Waals surface area contributed by atoms with Crippen molar-refractivity contribution in [3.8, 4) is 0 Å². The Kier molecular flexibility index (Phi) is 5.16. The van der Waals surface area contributed by atoms with E-state index >= 15 is 0 Å². The van der Waals surface area contributed by atoms with E-state index in [0.717, 1.165) is 36.3 Å². The predicted octanol–water partition coefficient (Wildman–Crippen LogP) is 3.11. The molecule has 142 valence electrons. The molecule has 0 unspecified atom stereocenters. The van der Waals surface area contributed by atoms with Crippen molar-refractivity contribution in [3.05, 3.63) is 28.7 Å². The van der Waals surface area contributed by atoms with E-state index in [-0.39, 0.29) is 23.9 Å². The van der Waals surface area contributed by atoms with Crippen LogP contribution in [0.1, 0.15) is 74.3 Å². The van der Waals surface area contributed by atoms with Gasteiger partial charge in [0, 0.05) is 36.8 Å². The highest BCUT2D eigenvalue weighted by atomic mass is 16.4. The lowest BCUT2D eigenvalue weighted by atomic mass is 9.89. The maximum atomic E-state index is 13.1. The van der Waals surface area contributed by atoms with Crippen molar-refractivity contribution in [1.29, 1.82) is 0 Å². The molecule has 3 rings (SSSR count). The summed E-state index contributed by atoms with van der Waals surface area (Å²) in [6, 6.07) is 0.341. The first kappa shape index (κ1) is 18.6. The predicted molar refractivity (Wildman–Crippen MR) is 98.0 cm³/mol. The molecule has 0 N–H and O–H groups in total. The Morgan fingerprint density at radius 2 is 2.00 bits per heavy atom. The van der Waals surface area contributed by atoms with Crippen LogP contribution in [0.4, 0.5) is 0 Å². The largest absolute Gasteiger partial charge is 0.425 e. The van der Waals surface area contributed by atoms with Crippen LogP contribution < -0.4 is 0 Å². The maximum absolute atomic E-state index is 13.1. The molecular formula is C19H29N5O2. The molecule has 0 spiro atoms. The monoisotopic (exact) mass is 359 g/mol. The van der Waals surface area contributed by atoms with E-state index in [0.29, 0.717) is 18.2 Å². The van der Waals surface area contributed by atoms with Gasteiger partial charge in [-0.2, -0.15) is 5.10 Å². The zero-order valence-corrected chi connectivity index (χ0v) is 16.6. The zero-order chi connectivity index (χ0) is 19.0. The van der Waals surface area contributed by atoms with Crippen molar-refractivity contribution in [2.24, 2.45) is 0 Å². The molecule has 7 nitrogen and oxygen atoms in total. The summed E-state index contributed by atoms with van der Waals surface area (Å²) in [5.74, 6) is 1.47. The Morgan fingerprint density at radius 1 is 1.27 bits per heavy atom. The third-order valence-electron chi connectivity index (χ3n) is 5.46. The summed E-state index contributed by atoms with van der Waals surface area (Å²) in [4.78, 5) is 15.0. The van der Waals surface area contributed by atoms with Gasteiger partial charge in [0.25, 0.3) is 0 Å². The summed E-state index contributed by atoms with van der Waals surface area (Å²) in [6.07, 6.45) is 2.31. The molecule has 0 radical (unpaired) electrons. The smallest absolute Gasteiger partial charge is 0.227 e. The van der Waals surface area contributed by atoms with Gasteiger partial charge in [0.2, 0.25) is 17.7 Å². The molecule has 26 heavy (non-hydrogen) atoms. The second-order valence-electron chi connectivity index (χ2n) is 7.60. The van der Waals surface area contributed by atoms with Gasteiger partial charge in [0.1, 0.15) is 0 Å². The van der Waals surface area contributed by atoms with Crippen LogP contribution in [0.3, 0.4) is 0 Å². The average Bonchev–Trinajstić information content (AvgIpc) is 3.13. The van der Waals surface area contributed by atoms with Crippen LogP contribution >= 0.6 is 0 Å². The highest BCUT2D eigenvalue weighted by Gasteiger charge is 2.35. The van der Waals surface area contributed by atoms with Crippen LogP contribution in [-0.4, -0.2) is 43.4 Å². The van der Waals surface area contributed by atoms with Crippen molar-refractivity contribution < 1.29 is 9.21 Å². The molecule has 0 aliphatic carbocycles. The minimum absolute atomic E-state index is 0.0526. The first-order chi connectivity index (χ1) is 12.3. The first-order valence-corrected chi connectivity index (χ1v) is 9.43. The molecule has 1 fully saturated rings. The third kappa shape index (κ3) is 3.39. The van der Waals surface area contributed by atoms with Crippen molar-refractivity contribution in [2.75, 3.05) is 6.54 Å². The number of carbonyl (C=O) groups excluding carboxylic acids is 1. The number of aryl methyl sites for hydroxylation is 2. The van der Waals surface area contributed by atoms with Gasteiger partial charge in [-0.25, -0.2) is 0 Å². The average molecular weight is 359 g/mol. The van der Waals surface area contributed by atoms with E-state index in [1.54, 1.807) is 6.92 Å². The van der Waals surface area contributed by atoms with Gasteiger partial charge in [0.05, 0.1) is 18.0 Å². The normalized spacial score (nSPS) is 20.8. The lowest BCUT2D eigenvalue weighted by Gasteiger charge is -2.38. The van der Waals surface area contributed by atoms with E-state index in [9.17, 15) is 4.79 Å². The number of piperidine rings is 1. The molecule has 0 saturated carbocycles. The number of amides is 1. The third-order valence-corrected chi connectivity index (χ3v) is 5.46. The highest BCUT2D eigenvalue weighted by Crippen LogP contribution is 2.32. The van der Waals surface area contributed by atoms with Crippen LogP contribution in [-0.2, 0) is 11.2 Å². The van der Waals surface area contributed by atoms with Crippen LogP contribution in [0.15, 0.2) is 4.42 Å². The fourth-order valence-electron chi connectivity index (χ4n) is 4.00. The minimum atomic E-state index is 0.0526. The summed E-state index contributed by atoms with van der Waals surface area (Å²) in [6.45, 7) is 12.9.